The second kappa shape index (κ2) is 13.2. The van der Waals surface area contributed by atoms with Gasteiger partial charge in [0.1, 0.15) is 16.7 Å². The maximum atomic E-state index is 14.1. The summed E-state index contributed by atoms with van der Waals surface area (Å²) in [6.45, 7) is 3.17. The van der Waals surface area contributed by atoms with E-state index in [-0.39, 0.29) is 17.9 Å². The molecule has 0 spiro atoms. The van der Waals surface area contributed by atoms with Gasteiger partial charge in [-0.3, -0.25) is 14.5 Å². The molecule has 41 heavy (non-hydrogen) atoms. The van der Waals surface area contributed by atoms with E-state index in [9.17, 15) is 14.7 Å². The zero-order valence-electron chi connectivity index (χ0n) is 24.6. The van der Waals surface area contributed by atoms with Gasteiger partial charge in [0, 0.05) is 40.3 Å². The molecular formula is C33H42N4O4. The number of piperidine rings is 1. The Morgan fingerprint density at radius 1 is 1.02 bits per heavy atom. The fourth-order valence-electron chi connectivity index (χ4n) is 6.05. The van der Waals surface area contributed by atoms with Gasteiger partial charge >= 0.3 is 0 Å². The van der Waals surface area contributed by atoms with Crippen LogP contribution in [0.15, 0.2) is 78.9 Å². The summed E-state index contributed by atoms with van der Waals surface area (Å²) in [4.78, 5) is 31.2. The number of β-amino-alcohol motifs (C(OH)–C–C–N with tert-alkyl or cyclic N) is 1. The number of benzene rings is 3. The Kier molecular flexibility index (Phi) is 9.68. The zero-order chi connectivity index (χ0) is 29.6. The molecule has 1 heterocycles. The summed E-state index contributed by atoms with van der Waals surface area (Å²) in [5, 5.41) is 17.3. The van der Waals surface area contributed by atoms with Crippen molar-refractivity contribution in [3.8, 4) is 5.75 Å². The highest BCUT2D eigenvalue weighted by molar-refractivity contribution is 6.02. The number of hydrogen-bond acceptors (Lipinski definition) is 6. The molecule has 0 aliphatic carbocycles. The number of carbonyl (C=O) groups is 2. The number of ether oxygens (including phenoxy) is 1. The smallest absolute Gasteiger partial charge is 0.257 e. The van der Waals surface area contributed by atoms with Crippen LogP contribution in [0.2, 0.25) is 0 Å². The van der Waals surface area contributed by atoms with Crippen molar-refractivity contribution in [2.45, 2.75) is 43.4 Å². The summed E-state index contributed by atoms with van der Waals surface area (Å²) in [7, 11) is 6.89. The van der Waals surface area contributed by atoms with Gasteiger partial charge in [-0.15, -0.1) is 0 Å². The van der Waals surface area contributed by atoms with Crippen LogP contribution < -0.4 is 15.4 Å². The lowest BCUT2D eigenvalue weighted by atomic mass is 9.69. The third-order valence-corrected chi connectivity index (χ3v) is 8.20. The number of likely N-dealkylation sites (tertiary alicyclic amines) is 1. The van der Waals surface area contributed by atoms with Gasteiger partial charge in [0.25, 0.3) is 5.91 Å². The molecule has 8 heteroatoms. The fourth-order valence-corrected chi connectivity index (χ4v) is 6.05. The molecule has 1 saturated heterocycles. The van der Waals surface area contributed by atoms with E-state index in [2.05, 4.69) is 22.5 Å². The summed E-state index contributed by atoms with van der Waals surface area (Å²) in [5.74, 6) is 0.196. The molecule has 3 N–H and O–H groups in total. The van der Waals surface area contributed by atoms with Gasteiger partial charge in [0.2, 0.25) is 5.91 Å². The summed E-state index contributed by atoms with van der Waals surface area (Å²) in [6, 6.07) is 24.9. The molecule has 0 saturated carbocycles. The first-order chi connectivity index (χ1) is 19.7. The van der Waals surface area contributed by atoms with Crippen LogP contribution in [0.5, 0.6) is 5.75 Å². The van der Waals surface area contributed by atoms with E-state index in [0.717, 1.165) is 11.1 Å². The number of methoxy groups -OCH3 is 1. The van der Waals surface area contributed by atoms with E-state index in [1.54, 1.807) is 32.1 Å². The minimum absolute atomic E-state index is 0.0154. The van der Waals surface area contributed by atoms with Crippen molar-refractivity contribution >= 4 is 17.5 Å². The van der Waals surface area contributed by atoms with Crippen molar-refractivity contribution in [2.75, 3.05) is 46.7 Å². The van der Waals surface area contributed by atoms with Crippen LogP contribution in [0.25, 0.3) is 0 Å². The third-order valence-electron chi connectivity index (χ3n) is 8.20. The number of anilines is 1. The number of rotatable bonds is 10. The molecule has 8 nitrogen and oxygen atoms in total. The number of nitrogens with one attached hydrogen (secondary N) is 2. The third kappa shape index (κ3) is 6.24. The van der Waals surface area contributed by atoms with Crippen LogP contribution in [0, 0.1) is 0 Å². The fraction of sp³-hybridized carbons (Fsp3) is 0.394. The highest BCUT2D eigenvalue weighted by atomic mass is 16.5. The Morgan fingerprint density at radius 3 is 2.15 bits per heavy atom. The molecule has 3 atom stereocenters. The largest absolute Gasteiger partial charge is 0.496 e. The summed E-state index contributed by atoms with van der Waals surface area (Å²) in [5.41, 5.74) is 2.06. The first kappa shape index (κ1) is 30.1. The zero-order valence-corrected chi connectivity index (χ0v) is 24.6. The number of nitrogens with zero attached hydrogens (tertiary/aromatic N) is 2. The van der Waals surface area contributed by atoms with Crippen molar-refractivity contribution in [1.82, 2.24) is 15.1 Å². The van der Waals surface area contributed by atoms with E-state index < -0.39 is 17.6 Å². The average Bonchev–Trinajstić information content (AvgIpc) is 3.00. The van der Waals surface area contributed by atoms with Crippen molar-refractivity contribution in [2.24, 2.45) is 0 Å². The minimum Gasteiger partial charge on any atom is -0.496 e. The van der Waals surface area contributed by atoms with Crippen molar-refractivity contribution < 1.29 is 19.4 Å². The highest BCUT2D eigenvalue weighted by Gasteiger charge is 2.45. The molecule has 3 aromatic rings. The lowest BCUT2D eigenvalue weighted by Crippen LogP contribution is -2.57. The van der Waals surface area contributed by atoms with Gasteiger partial charge in [-0.2, -0.15) is 0 Å². The molecule has 3 aromatic carbocycles. The minimum atomic E-state index is -0.894. The molecule has 218 valence electrons. The second-order valence-corrected chi connectivity index (χ2v) is 11.0. The number of likely N-dealkylation sites (N-methyl/N-ethyl adjacent to an activating group) is 1. The lowest BCUT2D eigenvalue weighted by Gasteiger charge is -2.44. The standard InChI is InChI=1S/C33H42N4O4/c1-23(21-33(32(40)36(3)4,24-13-8-6-9-14-24)25-15-10-7-11-16-25)37-20-19-26(28(38)22-37)35-31(39)30-27(34-2)17-12-18-29(30)41-5/h6-18,23,26,28,34,38H,19-22H2,1-5H3,(H,35,39)/t23?,26-,28-/m1/s1. The van der Waals surface area contributed by atoms with Gasteiger partial charge in [0.05, 0.1) is 24.9 Å². The van der Waals surface area contributed by atoms with Gasteiger partial charge < -0.3 is 25.4 Å². The quantitative estimate of drug-likeness (QED) is 0.351. The number of amides is 2. The summed E-state index contributed by atoms with van der Waals surface area (Å²) in [6.07, 6.45) is 0.344. The van der Waals surface area contributed by atoms with E-state index in [0.29, 0.717) is 42.9 Å². The van der Waals surface area contributed by atoms with Gasteiger partial charge in [-0.25, -0.2) is 0 Å². The SMILES string of the molecule is CNc1cccc(OC)c1C(=O)N[C@@H]1CCN(C(C)CC(C(=O)N(C)C)(c2ccccc2)c2ccccc2)C[C@H]1O. The van der Waals surface area contributed by atoms with Crippen molar-refractivity contribution in [3.05, 3.63) is 95.6 Å². The normalized spacial score (nSPS) is 18.3. The van der Waals surface area contributed by atoms with Gasteiger partial charge in [-0.05, 0) is 43.0 Å². The summed E-state index contributed by atoms with van der Waals surface area (Å²) >= 11 is 0. The maximum absolute atomic E-state index is 14.1. The molecule has 1 fully saturated rings. The lowest BCUT2D eigenvalue weighted by molar-refractivity contribution is -0.134. The van der Waals surface area contributed by atoms with E-state index in [1.807, 2.05) is 72.8 Å². The predicted octanol–water partition coefficient (Wildman–Crippen LogP) is 3.76. The van der Waals surface area contributed by atoms with Crippen molar-refractivity contribution in [1.29, 1.82) is 0 Å². The first-order valence-corrected chi connectivity index (χ1v) is 14.1. The Labute approximate surface area is 243 Å². The number of carbonyl (C=O) groups excluding carboxylic acids is 2. The van der Waals surface area contributed by atoms with Crippen LogP contribution in [0.1, 0.15) is 41.3 Å². The topological polar surface area (TPSA) is 94.1 Å². The highest BCUT2D eigenvalue weighted by Crippen LogP contribution is 2.40. The van der Waals surface area contributed by atoms with E-state index in [1.165, 1.54) is 7.11 Å². The number of aliphatic hydroxyl groups is 1. The first-order valence-electron chi connectivity index (χ1n) is 14.1. The molecule has 0 radical (unpaired) electrons. The van der Waals surface area contributed by atoms with Crippen LogP contribution in [0.4, 0.5) is 5.69 Å². The molecule has 1 aliphatic heterocycles. The van der Waals surface area contributed by atoms with Crippen LogP contribution in [-0.4, -0.2) is 86.3 Å². The number of aliphatic hydroxyl groups excluding tert-OH is 1. The molecular weight excluding hydrogens is 516 g/mol. The number of hydrogen-bond donors (Lipinski definition) is 3. The molecule has 2 amide bonds. The Balaban J connectivity index is 1.55. The van der Waals surface area contributed by atoms with Crippen LogP contribution >= 0.6 is 0 Å². The van der Waals surface area contributed by atoms with Crippen LogP contribution in [0.3, 0.4) is 0 Å². The van der Waals surface area contributed by atoms with E-state index in [4.69, 9.17) is 4.74 Å². The molecule has 1 unspecified atom stereocenters. The predicted molar refractivity (Wildman–Crippen MR) is 162 cm³/mol. The Hall–Kier alpha value is -3.88. The molecule has 4 rings (SSSR count). The average molecular weight is 559 g/mol. The summed E-state index contributed by atoms with van der Waals surface area (Å²) < 4.78 is 5.43. The van der Waals surface area contributed by atoms with E-state index >= 15 is 0 Å². The van der Waals surface area contributed by atoms with Gasteiger partial charge in [0.15, 0.2) is 0 Å². The van der Waals surface area contributed by atoms with Crippen LogP contribution in [-0.2, 0) is 10.2 Å². The van der Waals surface area contributed by atoms with Gasteiger partial charge in [-0.1, -0.05) is 66.7 Å². The Bertz CT molecular complexity index is 1250. The molecule has 1 aliphatic rings. The second-order valence-electron chi connectivity index (χ2n) is 11.0. The maximum Gasteiger partial charge on any atom is 0.257 e. The molecule has 0 bridgehead atoms. The monoisotopic (exact) mass is 558 g/mol. The Morgan fingerprint density at radius 2 is 1.63 bits per heavy atom. The van der Waals surface area contributed by atoms with Crippen molar-refractivity contribution in [3.63, 3.8) is 0 Å². The molecule has 0 aromatic heterocycles.